The SMILES string of the molecule is CC(C)c1cnc(SCC(O)CN2CCOCC2)n1C(C)C. The minimum atomic E-state index is -0.331. The van der Waals surface area contributed by atoms with Gasteiger partial charge in [-0.2, -0.15) is 0 Å². The molecule has 0 amide bonds. The van der Waals surface area contributed by atoms with Crippen molar-refractivity contribution in [3.8, 4) is 0 Å². The largest absolute Gasteiger partial charge is 0.391 e. The zero-order valence-corrected chi connectivity index (χ0v) is 15.0. The van der Waals surface area contributed by atoms with Gasteiger partial charge in [0.1, 0.15) is 0 Å². The second kappa shape index (κ2) is 8.34. The average Bonchev–Trinajstić information content (AvgIpc) is 2.90. The summed E-state index contributed by atoms with van der Waals surface area (Å²) < 4.78 is 7.62. The molecule has 126 valence electrons. The minimum Gasteiger partial charge on any atom is -0.391 e. The van der Waals surface area contributed by atoms with Gasteiger partial charge in [0.2, 0.25) is 0 Å². The van der Waals surface area contributed by atoms with Crippen molar-refractivity contribution in [2.45, 2.75) is 50.9 Å². The maximum absolute atomic E-state index is 10.3. The molecule has 2 heterocycles. The van der Waals surface area contributed by atoms with Gasteiger partial charge in [0, 0.05) is 43.3 Å². The van der Waals surface area contributed by atoms with Crippen LogP contribution < -0.4 is 0 Å². The number of aliphatic hydroxyl groups excluding tert-OH is 1. The lowest BCUT2D eigenvalue weighted by molar-refractivity contribution is 0.0188. The van der Waals surface area contributed by atoms with Crippen molar-refractivity contribution in [2.75, 3.05) is 38.6 Å². The first-order valence-corrected chi connectivity index (χ1v) is 9.15. The highest BCUT2D eigenvalue weighted by atomic mass is 32.2. The van der Waals surface area contributed by atoms with Gasteiger partial charge in [0.25, 0.3) is 0 Å². The number of rotatable bonds is 7. The molecule has 1 aliphatic rings. The highest BCUT2D eigenvalue weighted by Gasteiger charge is 2.19. The van der Waals surface area contributed by atoms with Crippen LogP contribution in [0.1, 0.15) is 45.3 Å². The van der Waals surface area contributed by atoms with Crippen molar-refractivity contribution in [1.29, 1.82) is 0 Å². The number of aromatic nitrogens is 2. The first-order chi connectivity index (χ1) is 10.5. The van der Waals surface area contributed by atoms with Crippen molar-refractivity contribution < 1.29 is 9.84 Å². The molecule has 1 saturated heterocycles. The lowest BCUT2D eigenvalue weighted by atomic mass is 10.1. The van der Waals surface area contributed by atoms with Crippen LogP contribution >= 0.6 is 11.8 Å². The van der Waals surface area contributed by atoms with Crippen LogP contribution in [-0.4, -0.2) is 64.3 Å². The van der Waals surface area contributed by atoms with Crippen molar-refractivity contribution in [1.82, 2.24) is 14.5 Å². The number of morpholine rings is 1. The van der Waals surface area contributed by atoms with Crippen LogP contribution in [0.4, 0.5) is 0 Å². The second-order valence-electron chi connectivity index (χ2n) is 6.46. The first-order valence-electron chi connectivity index (χ1n) is 8.17. The number of thioether (sulfide) groups is 1. The molecular formula is C16H29N3O2S. The van der Waals surface area contributed by atoms with Crippen LogP contribution in [-0.2, 0) is 4.74 Å². The standard InChI is InChI=1S/C16H29N3O2S/c1-12(2)15-9-17-16(19(15)13(3)4)22-11-14(20)10-18-5-7-21-8-6-18/h9,12-14,20H,5-8,10-11H2,1-4H3. The minimum absolute atomic E-state index is 0.331. The molecule has 0 aliphatic carbocycles. The molecule has 6 heteroatoms. The number of hydrogen-bond acceptors (Lipinski definition) is 5. The van der Waals surface area contributed by atoms with Crippen molar-refractivity contribution in [3.63, 3.8) is 0 Å². The summed E-state index contributed by atoms with van der Waals surface area (Å²) in [5.74, 6) is 1.14. The van der Waals surface area contributed by atoms with E-state index >= 15 is 0 Å². The van der Waals surface area contributed by atoms with Gasteiger partial charge in [-0.3, -0.25) is 4.90 Å². The molecule has 1 aromatic rings. The molecular weight excluding hydrogens is 298 g/mol. The first kappa shape index (κ1) is 17.8. The van der Waals surface area contributed by atoms with E-state index in [4.69, 9.17) is 4.74 Å². The lowest BCUT2D eigenvalue weighted by Crippen LogP contribution is -2.41. The fourth-order valence-corrected chi connectivity index (χ4v) is 3.74. The Morgan fingerprint density at radius 3 is 2.55 bits per heavy atom. The Labute approximate surface area is 138 Å². The van der Waals surface area contributed by atoms with E-state index in [2.05, 4.69) is 42.1 Å². The smallest absolute Gasteiger partial charge is 0.168 e. The molecule has 5 nitrogen and oxygen atoms in total. The number of hydrogen-bond donors (Lipinski definition) is 1. The molecule has 1 N–H and O–H groups in total. The maximum Gasteiger partial charge on any atom is 0.168 e. The van der Waals surface area contributed by atoms with Gasteiger partial charge in [0.05, 0.1) is 19.3 Å². The van der Waals surface area contributed by atoms with Crippen molar-refractivity contribution in [3.05, 3.63) is 11.9 Å². The monoisotopic (exact) mass is 327 g/mol. The Morgan fingerprint density at radius 1 is 1.27 bits per heavy atom. The average molecular weight is 327 g/mol. The van der Waals surface area contributed by atoms with E-state index in [1.807, 2.05) is 6.20 Å². The van der Waals surface area contributed by atoms with Crippen LogP contribution in [0, 0.1) is 0 Å². The molecule has 1 aliphatic heterocycles. The third kappa shape index (κ3) is 4.72. The fraction of sp³-hybridized carbons (Fsp3) is 0.812. The van der Waals surface area contributed by atoms with E-state index in [0.717, 1.165) is 38.0 Å². The van der Waals surface area contributed by atoms with Crippen molar-refractivity contribution in [2.24, 2.45) is 0 Å². The van der Waals surface area contributed by atoms with Gasteiger partial charge in [0.15, 0.2) is 5.16 Å². The summed E-state index contributed by atoms with van der Waals surface area (Å²) in [4.78, 5) is 6.83. The molecule has 1 unspecified atom stereocenters. The van der Waals surface area contributed by atoms with Crippen LogP contribution in [0.3, 0.4) is 0 Å². The van der Waals surface area contributed by atoms with E-state index in [1.165, 1.54) is 5.69 Å². The van der Waals surface area contributed by atoms with Gasteiger partial charge in [-0.05, 0) is 19.8 Å². The maximum atomic E-state index is 10.3. The van der Waals surface area contributed by atoms with E-state index in [0.29, 0.717) is 17.7 Å². The number of imidazole rings is 1. The van der Waals surface area contributed by atoms with Crippen molar-refractivity contribution >= 4 is 11.8 Å². The fourth-order valence-electron chi connectivity index (χ4n) is 2.71. The van der Waals surface area contributed by atoms with E-state index in [-0.39, 0.29) is 6.10 Å². The van der Waals surface area contributed by atoms with E-state index < -0.39 is 0 Å². The van der Waals surface area contributed by atoms with Gasteiger partial charge >= 0.3 is 0 Å². The Bertz CT molecular complexity index is 456. The highest BCUT2D eigenvalue weighted by Crippen LogP contribution is 2.27. The third-order valence-corrected chi connectivity index (χ3v) is 4.99. The highest BCUT2D eigenvalue weighted by molar-refractivity contribution is 7.99. The molecule has 0 radical (unpaired) electrons. The molecule has 1 aromatic heterocycles. The number of ether oxygens (including phenoxy) is 1. The molecule has 1 atom stereocenters. The molecule has 0 aromatic carbocycles. The molecule has 0 spiro atoms. The number of β-amino-alcohol motifs (C(OH)–C–C–N with tert-alkyl or cyclic N) is 1. The summed E-state index contributed by atoms with van der Waals surface area (Å²) in [6.45, 7) is 12.8. The summed E-state index contributed by atoms with van der Waals surface area (Å²) in [6, 6.07) is 0.388. The quantitative estimate of drug-likeness (QED) is 0.779. The van der Waals surface area contributed by atoms with Crippen LogP contribution in [0.25, 0.3) is 0 Å². The zero-order chi connectivity index (χ0) is 16.1. The Hall–Kier alpha value is -0.560. The molecule has 0 saturated carbocycles. The van der Waals surface area contributed by atoms with Gasteiger partial charge in [-0.25, -0.2) is 4.98 Å². The van der Waals surface area contributed by atoms with Crippen LogP contribution in [0.15, 0.2) is 11.4 Å². The van der Waals surface area contributed by atoms with Gasteiger partial charge in [-0.1, -0.05) is 25.6 Å². The van der Waals surface area contributed by atoms with Crippen LogP contribution in [0.5, 0.6) is 0 Å². The van der Waals surface area contributed by atoms with Gasteiger partial charge in [-0.15, -0.1) is 0 Å². The molecule has 22 heavy (non-hydrogen) atoms. The lowest BCUT2D eigenvalue weighted by Gasteiger charge is -2.28. The third-order valence-electron chi connectivity index (χ3n) is 3.88. The summed E-state index contributed by atoms with van der Waals surface area (Å²) in [5.41, 5.74) is 1.26. The Kier molecular flexibility index (Phi) is 6.74. The summed E-state index contributed by atoms with van der Waals surface area (Å²) in [6.07, 6.45) is 1.64. The predicted octanol–water partition coefficient (Wildman–Crippen LogP) is 2.37. The second-order valence-corrected chi connectivity index (χ2v) is 7.45. The number of aliphatic hydroxyl groups is 1. The topological polar surface area (TPSA) is 50.5 Å². The van der Waals surface area contributed by atoms with E-state index in [1.54, 1.807) is 11.8 Å². The van der Waals surface area contributed by atoms with Gasteiger partial charge < -0.3 is 14.4 Å². The van der Waals surface area contributed by atoms with Crippen LogP contribution in [0.2, 0.25) is 0 Å². The number of nitrogens with zero attached hydrogens (tertiary/aromatic N) is 3. The molecule has 1 fully saturated rings. The summed E-state index contributed by atoms with van der Waals surface area (Å²) in [7, 11) is 0. The Morgan fingerprint density at radius 2 is 1.95 bits per heavy atom. The normalized spacial score (nSPS) is 18.3. The van der Waals surface area contributed by atoms with E-state index in [9.17, 15) is 5.11 Å². The summed E-state index contributed by atoms with van der Waals surface area (Å²) >= 11 is 1.65. The Balaban J connectivity index is 1.90. The molecule has 2 rings (SSSR count). The predicted molar refractivity (Wildman–Crippen MR) is 90.7 cm³/mol. The molecule has 0 bridgehead atoms. The zero-order valence-electron chi connectivity index (χ0n) is 14.2. The summed E-state index contributed by atoms with van der Waals surface area (Å²) in [5, 5.41) is 11.3.